The standard InChI is InChI=1S/C20H42O/c1-16(2)10-12-20(17(3)4)13-11-18(5)8-7-9-19(6)14-15-21/h16-21H,7-15H2,1-6H3. The summed E-state index contributed by atoms with van der Waals surface area (Å²) in [5.74, 6) is 4.16. The number of rotatable bonds is 13. The highest BCUT2D eigenvalue weighted by atomic mass is 16.3. The van der Waals surface area contributed by atoms with Crippen molar-refractivity contribution in [1.82, 2.24) is 0 Å². The summed E-state index contributed by atoms with van der Waals surface area (Å²) in [6.45, 7) is 14.5. The van der Waals surface area contributed by atoms with E-state index < -0.39 is 0 Å². The minimum Gasteiger partial charge on any atom is -0.396 e. The van der Waals surface area contributed by atoms with Crippen LogP contribution in [0, 0.1) is 29.6 Å². The van der Waals surface area contributed by atoms with E-state index in [9.17, 15) is 0 Å². The van der Waals surface area contributed by atoms with E-state index in [1.54, 1.807) is 0 Å². The van der Waals surface area contributed by atoms with Crippen molar-refractivity contribution in [2.24, 2.45) is 29.6 Å². The molecule has 0 rings (SSSR count). The van der Waals surface area contributed by atoms with Crippen molar-refractivity contribution in [3.05, 3.63) is 0 Å². The minimum absolute atomic E-state index is 0.350. The van der Waals surface area contributed by atoms with Crippen LogP contribution in [-0.2, 0) is 0 Å². The first-order valence-corrected chi connectivity index (χ1v) is 9.47. The monoisotopic (exact) mass is 298 g/mol. The summed E-state index contributed by atoms with van der Waals surface area (Å²) in [6.07, 6.45) is 10.6. The fraction of sp³-hybridized carbons (Fsp3) is 1.00. The predicted molar refractivity (Wildman–Crippen MR) is 95.5 cm³/mol. The molecule has 0 aliphatic rings. The van der Waals surface area contributed by atoms with Gasteiger partial charge in [-0.3, -0.25) is 0 Å². The number of hydrogen-bond donors (Lipinski definition) is 1. The van der Waals surface area contributed by atoms with Crippen LogP contribution in [0.25, 0.3) is 0 Å². The summed E-state index contributed by atoms with van der Waals surface area (Å²) in [4.78, 5) is 0. The average Bonchev–Trinajstić information content (AvgIpc) is 2.38. The summed E-state index contributed by atoms with van der Waals surface area (Å²) in [5, 5.41) is 8.93. The second kappa shape index (κ2) is 12.5. The van der Waals surface area contributed by atoms with Gasteiger partial charge in [-0.15, -0.1) is 0 Å². The lowest BCUT2D eigenvalue weighted by Gasteiger charge is -2.23. The van der Waals surface area contributed by atoms with E-state index in [4.69, 9.17) is 5.11 Å². The van der Waals surface area contributed by atoms with Gasteiger partial charge in [-0.2, -0.15) is 0 Å². The molecule has 0 bridgehead atoms. The first-order valence-electron chi connectivity index (χ1n) is 9.47. The highest BCUT2D eigenvalue weighted by molar-refractivity contribution is 4.67. The molecule has 1 nitrogen and oxygen atoms in total. The zero-order chi connectivity index (χ0) is 16.3. The van der Waals surface area contributed by atoms with Crippen molar-refractivity contribution in [2.75, 3.05) is 6.61 Å². The van der Waals surface area contributed by atoms with Crippen molar-refractivity contribution >= 4 is 0 Å². The third kappa shape index (κ3) is 12.2. The van der Waals surface area contributed by atoms with Gasteiger partial charge in [0.2, 0.25) is 0 Å². The van der Waals surface area contributed by atoms with Gasteiger partial charge < -0.3 is 5.11 Å². The molecule has 0 saturated heterocycles. The Bertz CT molecular complexity index is 222. The SMILES string of the molecule is CC(C)CCC(CCC(C)CCCC(C)CCO)C(C)C. The van der Waals surface area contributed by atoms with Crippen LogP contribution in [0.1, 0.15) is 92.9 Å². The van der Waals surface area contributed by atoms with Gasteiger partial charge in [-0.25, -0.2) is 0 Å². The lowest BCUT2D eigenvalue weighted by Crippen LogP contribution is -2.12. The van der Waals surface area contributed by atoms with Crippen LogP contribution in [0.3, 0.4) is 0 Å². The van der Waals surface area contributed by atoms with Gasteiger partial charge >= 0.3 is 0 Å². The zero-order valence-electron chi connectivity index (χ0n) is 15.7. The smallest absolute Gasteiger partial charge is 0.0433 e. The second-order valence-corrected chi connectivity index (χ2v) is 8.21. The molecule has 0 aliphatic heterocycles. The molecule has 0 saturated carbocycles. The van der Waals surface area contributed by atoms with E-state index in [1.165, 1.54) is 44.9 Å². The highest BCUT2D eigenvalue weighted by Gasteiger charge is 2.15. The van der Waals surface area contributed by atoms with Crippen LogP contribution in [0.15, 0.2) is 0 Å². The van der Waals surface area contributed by atoms with Crippen LogP contribution in [0.2, 0.25) is 0 Å². The molecule has 0 fully saturated rings. The van der Waals surface area contributed by atoms with Crippen LogP contribution in [0.4, 0.5) is 0 Å². The topological polar surface area (TPSA) is 20.2 Å². The van der Waals surface area contributed by atoms with E-state index in [0.29, 0.717) is 12.5 Å². The van der Waals surface area contributed by atoms with E-state index in [2.05, 4.69) is 41.5 Å². The summed E-state index contributed by atoms with van der Waals surface area (Å²) in [5.41, 5.74) is 0. The first-order chi connectivity index (χ1) is 9.86. The fourth-order valence-corrected chi connectivity index (χ4v) is 3.18. The molecule has 0 aromatic carbocycles. The molecule has 0 radical (unpaired) electrons. The molecular formula is C20H42O. The molecule has 1 heteroatoms. The normalized spacial score (nSPS) is 16.4. The van der Waals surface area contributed by atoms with Crippen LogP contribution < -0.4 is 0 Å². The Labute approximate surface area is 134 Å². The molecule has 0 amide bonds. The largest absolute Gasteiger partial charge is 0.396 e. The van der Waals surface area contributed by atoms with Crippen molar-refractivity contribution < 1.29 is 5.11 Å². The summed E-state index contributed by atoms with van der Waals surface area (Å²) in [6, 6.07) is 0. The van der Waals surface area contributed by atoms with E-state index in [1.807, 2.05) is 0 Å². The molecule has 3 atom stereocenters. The summed E-state index contributed by atoms with van der Waals surface area (Å²) in [7, 11) is 0. The average molecular weight is 299 g/mol. The van der Waals surface area contributed by atoms with Gasteiger partial charge in [0.25, 0.3) is 0 Å². The summed E-state index contributed by atoms with van der Waals surface area (Å²) < 4.78 is 0. The fourth-order valence-electron chi connectivity index (χ4n) is 3.18. The van der Waals surface area contributed by atoms with Gasteiger partial charge in [-0.05, 0) is 48.9 Å². The highest BCUT2D eigenvalue weighted by Crippen LogP contribution is 2.28. The summed E-state index contributed by atoms with van der Waals surface area (Å²) >= 11 is 0. The van der Waals surface area contributed by atoms with Gasteiger partial charge in [0.05, 0.1) is 0 Å². The molecule has 0 spiro atoms. The first kappa shape index (κ1) is 21.0. The lowest BCUT2D eigenvalue weighted by molar-refractivity contribution is 0.253. The van der Waals surface area contributed by atoms with Crippen molar-refractivity contribution in [1.29, 1.82) is 0 Å². The van der Waals surface area contributed by atoms with Crippen LogP contribution in [-0.4, -0.2) is 11.7 Å². The molecule has 0 aromatic rings. The third-order valence-corrected chi connectivity index (χ3v) is 5.10. The third-order valence-electron chi connectivity index (χ3n) is 5.10. The maximum absolute atomic E-state index is 8.93. The Morgan fingerprint density at radius 3 is 1.62 bits per heavy atom. The quantitative estimate of drug-likeness (QED) is 0.423. The Morgan fingerprint density at radius 1 is 0.619 bits per heavy atom. The number of aliphatic hydroxyl groups is 1. The predicted octanol–water partition coefficient (Wildman–Crippen LogP) is 6.30. The minimum atomic E-state index is 0.350. The molecular weight excluding hydrogens is 256 g/mol. The number of hydrogen-bond acceptors (Lipinski definition) is 1. The Hall–Kier alpha value is -0.0400. The zero-order valence-corrected chi connectivity index (χ0v) is 15.7. The van der Waals surface area contributed by atoms with Gasteiger partial charge in [0.1, 0.15) is 0 Å². The molecule has 0 heterocycles. The molecule has 3 unspecified atom stereocenters. The second-order valence-electron chi connectivity index (χ2n) is 8.21. The Kier molecular flexibility index (Phi) is 12.5. The van der Waals surface area contributed by atoms with E-state index in [-0.39, 0.29) is 0 Å². The van der Waals surface area contributed by atoms with Gasteiger partial charge in [-0.1, -0.05) is 73.6 Å². The van der Waals surface area contributed by atoms with E-state index in [0.717, 1.165) is 30.1 Å². The Morgan fingerprint density at radius 2 is 1.14 bits per heavy atom. The Balaban J connectivity index is 3.83. The maximum Gasteiger partial charge on any atom is 0.0433 e. The molecule has 21 heavy (non-hydrogen) atoms. The van der Waals surface area contributed by atoms with Crippen LogP contribution >= 0.6 is 0 Å². The molecule has 128 valence electrons. The van der Waals surface area contributed by atoms with E-state index >= 15 is 0 Å². The van der Waals surface area contributed by atoms with Crippen molar-refractivity contribution in [2.45, 2.75) is 92.9 Å². The number of aliphatic hydroxyl groups excluding tert-OH is 1. The lowest BCUT2D eigenvalue weighted by atomic mass is 9.82. The van der Waals surface area contributed by atoms with Crippen LogP contribution in [0.5, 0.6) is 0 Å². The van der Waals surface area contributed by atoms with Gasteiger partial charge in [0.15, 0.2) is 0 Å². The van der Waals surface area contributed by atoms with Gasteiger partial charge in [0, 0.05) is 6.61 Å². The van der Waals surface area contributed by atoms with Crippen molar-refractivity contribution in [3.8, 4) is 0 Å². The molecule has 1 N–H and O–H groups in total. The molecule has 0 aromatic heterocycles. The molecule has 0 aliphatic carbocycles. The maximum atomic E-state index is 8.93. The van der Waals surface area contributed by atoms with Crippen molar-refractivity contribution in [3.63, 3.8) is 0 Å².